The number of hydrogen-bond acceptors (Lipinski definition) is 6. The van der Waals surface area contributed by atoms with E-state index in [1.54, 1.807) is 43.3 Å². The predicted molar refractivity (Wildman–Crippen MR) is 96.4 cm³/mol. The molecular weight excluding hydrogens is 374 g/mol. The fraction of sp³-hybridized carbons (Fsp3) is 0.105. The molecule has 1 atom stereocenters. The molecule has 1 aliphatic rings. The van der Waals surface area contributed by atoms with Gasteiger partial charge in [-0.25, -0.2) is 14.4 Å². The van der Waals surface area contributed by atoms with Crippen LogP contribution in [0, 0.1) is 6.92 Å². The molecule has 0 bridgehead atoms. The van der Waals surface area contributed by atoms with Gasteiger partial charge in [0, 0.05) is 0 Å². The number of carbonyl (C=O) groups is 3. The number of benzene rings is 2. The molecule has 3 rings (SSSR count). The standard InChI is InChI=1S/C19H14ClNO6/c1-10-6-2-3-7-11(10)17(24)26-19-15(14(20)18(25)27-19)21-13-9-5-4-8-12(13)16(22)23/h2-9,14,21H,1H3,(H,22,23). The molecule has 0 saturated carbocycles. The van der Waals surface area contributed by atoms with Gasteiger partial charge in [-0.05, 0) is 30.7 Å². The summed E-state index contributed by atoms with van der Waals surface area (Å²) in [5, 5.41) is 10.7. The number of carboxylic acid groups (broad SMARTS) is 1. The zero-order valence-electron chi connectivity index (χ0n) is 14.1. The number of aromatic carboxylic acids is 1. The number of para-hydroxylation sites is 1. The first-order chi connectivity index (χ1) is 12.9. The lowest BCUT2D eigenvalue weighted by Crippen LogP contribution is -2.17. The number of carbonyl (C=O) groups excluding carboxylic acids is 2. The number of carboxylic acids is 1. The highest BCUT2D eigenvalue weighted by molar-refractivity contribution is 6.33. The Kier molecular flexibility index (Phi) is 5.14. The molecule has 1 unspecified atom stereocenters. The normalized spacial score (nSPS) is 16.1. The third-order valence-electron chi connectivity index (χ3n) is 3.85. The second kappa shape index (κ2) is 7.51. The quantitative estimate of drug-likeness (QED) is 0.599. The van der Waals surface area contributed by atoms with E-state index in [0.717, 1.165) is 0 Å². The molecule has 0 saturated heterocycles. The monoisotopic (exact) mass is 387 g/mol. The van der Waals surface area contributed by atoms with E-state index in [4.69, 9.17) is 21.1 Å². The average Bonchev–Trinajstić information content (AvgIpc) is 2.90. The lowest BCUT2D eigenvalue weighted by molar-refractivity contribution is -0.139. The Labute approximate surface area is 159 Å². The van der Waals surface area contributed by atoms with Crippen molar-refractivity contribution in [3.05, 3.63) is 76.9 Å². The van der Waals surface area contributed by atoms with Gasteiger partial charge in [-0.2, -0.15) is 0 Å². The first kappa shape index (κ1) is 18.5. The van der Waals surface area contributed by atoms with E-state index in [-0.39, 0.29) is 16.9 Å². The van der Waals surface area contributed by atoms with Crippen LogP contribution in [-0.4, -0.2) is 28.4 Å². The van der Waals surface area contributed by atoms with E-state index in [9.17, 15) is 19.5 Å². The summed E-state index contributed by atoms with van der Waals surface area (Å²) >= 11 is 6.03. The summed E-state index contributed by atoms with van der Waals surface area (Å²) in [5.41, 5.74) is 1.06. The molecule has 138 valence electrons. The molecule has 0 radical (unpaired) electrons. The predicted octanol–water partition coefficient (Wildman–Crippen LogP) is 3.30. The number of rotatable bonds is 5. The Morgan fingerprint density at radius 2 is 1.74 bits per heavy atom. The van der Waals surface area contributed by atoms with Crippen LogP contribution < -0.4 is 5.32 Å². The van der Waals surface area contributed by atoms with Crippen molar-refractivity contribution in [2.45, 2.75) is 12.3 Å². The van der Waals surface area contributed by atoms with Crippen LogP contribution >= 0.6 is 11.6 Å². The third kappa shape index (κ3) is 3.78. The molecular formula is C19H14ClNO6. The number of alkyl halides is 1. The van der Waals surface area contributed by atoms with Gasteiger partial charge in [0.05, 0.1) is 16.8 Å². The molecule has 2 N–H and O–H groups in total. The van der Waals surface area contributed by atoms with E-state index in [1.807, 2.05) is 0 Å². The van der Waals surface area contributed by atoms with Crippen molar-refractivity contribution in [1.82, 2.24) is 0 Å². The van der Waals surface area contributed by atoms with Crippen LogP contribution in [0.4, 0.5) is 5.69 Å². The van der Waals surface area contributed by atoms with Gasteiger partial charge in [0.2, 0.25) is 0 Å². The number of halogens is 1. The Balaban J connectivity index is 1.93. The SMILES string of the molecule is Cc1ccccc1C(=O)OC1=C(Nc2ccccc2C(=O)O)C(Cl)C(=O)O1. The summed E-state index contributed by atoms with van der Waals surface area (Å²) in [4.78, 5) is 35.6. The van der Waals surface area contributed by atoms with Gasteiger partial charge in [-0.15, -0.1) is 11.6 Å². The second-order valence-corrected chi connectivity index (χ2v) is 6.10. The summed E-state index contributed by atoms with van der Waals surface area (Å²) in [5.74, 6) is -3.14. The molecule has 2 aromatic rings. The van der Waals surface area contributed by atoms with Crippen LogP contribution in [0.25, 0.3) is 0 Å². The number of aryl methyl sites for hydroxylation is 1. The van der Waals surface area contributed by atoms with Crippen molar-refractivity contribution in [2.75, 3.05) is 5.32 Å². The van der Waals surface area contributed by atoms with Crippen LogP contribution in [0.15, 0.2) is 60.2 Å². The van der Waals surface area contributed by atoms with Crippen molar-refractivity contribution in [2.24, 2.45) is 0 Å². The van der Waals surface area contributed by atoms with Gasteiger partial charge < -0.3 is 19.9 Å². The minimum Gasteiger partial charge on any atom is -0.478 e. The number of ether oxygens (including phenoxy) is 2. The second-order valence-electron chi connectivity index (χ2n) is 5.66. The summed E-state index contributed by atoms with van der Waals surface area (Å²) in [6.45, 7) is 1.73. The van der Waals surface area contributed by atoms with Crippen LogP contribution in [0.1, 0.15) is 26.3 Å². The third-order valence-corrected chi connectivity index (χ3v) is 4.25. The molecule has 7 nitrogen and oxygen atoms in total. The lowest BCUT2D eigenvalue weighted by Gasteiger charge is -2.12. The van der Waals surface area contributed by atoms with Gasteiger partial charge in [-0.3, -0.25) is 0 Å². The summed E-state index contributed by atoms with van der Waals surface area (Å²) in [6.07, 6.45) is 0. The minimum atomic E-state index is -1.27. The van der Waals surface area contributed by atoms with Crippen LogP contribution in [0.2, 0.25) is 0 Å². The summed E-state index contributed by atoms with van der Waals surface area (Å²) in [6, 6.07) is 12.8. The van der Waals surface area contributed by atoms with Crippen LogP contribution in [0.5, 0.6) is 0 Å². The highest BCUT2D eigenvalue weighted by atomic mass is 35.5. The average molecular weight is 388 g/mol. The zero-order valence-corrected chi connectivity index (χ0v) is 14.8. The van der Waals surface area contributed by atoms with Crippen molar-refractivity contribution >= 4 is 35.2 Å². The maximum absolute atomic E-state index is 12.4. The highest BCUT2D eigenvalue weighted by Gasteiger charge is 2.38. The van der Waals surface area contributed by atoms with E-state index in [1.165, 1.54) is 12.1 Å². The number of cyclic esters (lactones) is 1. The topological polar surface area (TPSA) is 102 Å². The minimum absolute atomic E-state index is 0.0437. The van der Waals surface area contributed by atoms with E-state index in [2.05, 4.69) is 5.32 Å². The Bertz CT molecular complexity index is 968. The first-order valence-electron chi connectivity index (χ1n) is 7.85. The number of anilines is 1. The smallest absolute Gasteiger partial charge is 0.346 e. The molecule has 1 aliphatic heterocycles. The zero-order chi connectivity index (χ0) is 19.6. The van der Waals surface area contributed by atoms with Crippen molar-refractivity contribution < 1.29 is 29.0 Å². The van der Waals surface area contributed by atoms with Crippen molar-refractivity contribution in [1.29, 1.82) is 0 Å². The van der Waals surface area contributed by atoms with E-state index >= 15 is 0 Å². The van der Waals surface area contributed by atoms with E-state index in [0.29, 0.717) is 11.1 Å². The molecule has 8 heteroatoms. The van der Waals surface area contributed by atoms with Gasteiger partial charge in [0.1, 0.15) is 5.70 Å². The van der Waals surface area contributed by atoms with Crippen LogP contribution in [0.3, 0.4) is 0 Å². The highest BCUT2D eigenvalue weighted by Crippen LogP contribution is 2.30. The molecule has 0 amide bonds. The molecule has 0 spiro atoms. The molecule has 0 aliphatic carbocycles. The van der Waals surface area contributed by atoms with Gasteiger partial charge in [-0.1, -0.05) is 30.3 Å². The van der Waals surface area contributed by atoms with Gasteiger partial charge in [0.25, 0.3) is 0 Å². The lowest BCUT2D eigenvalue weighted by atomic mass is 10.1. The molecule has 1 heterocycles. The maximum Gasteiger partial charge on any atom is 0.346 e. The van der Waals surface area contributed by atoms with E-state index < -0.39 is 29.2 Å². The molecule has 2 aromatic carbocycles. The maximum atomic E-state index is 12.4. The number of nitrogens with one attached hydrogen (secondary N) is 1. The number of esters is 2. The van der Waals surface area contributed by atoms with Gasteiger partial charge in [0.15, 0.2) is 5.38 Å². The fourth-order valence-electron chi connectivity index (χ4n) is 2.47. The molecule has 0 aromatic heterocycles. The first-order valence-corrected chi connectivity index (χ1v) is 8.29. The Morgan fingerprint density at radius 3 is 2.41 bits per heavy atom. The summed E-state index contributed by atoms with van der Waals surface area (Å²) < 4.78 is 10.2. The summed E-state index contributed by atoms with van der Waals surface area (Å²) in [7, 11) is 0. The van der Waals surface area contributed by atoms with Crippen LogP contribution in [-0.2, 0) is 14.3 Å². The Morgan fingerprint density at radius 1 is 1.11 bits per heavy atom. The fourth-order valence-corrected chi connectivity index (χ4v) is 2.66. The molecule has 27 heavy (non-hydrogen) atoms. The van der Waals surface area contributed by atoms with Crippen molar-refractivity contribution in [3.63, 3.8) is 0 Å². The van der Waals surface area contributed by atoms with Gasteiger partial charge >= 0.3 is 23.9 Å². The Hall–Kier alpha value is -3.32. The number of hydrogen-bond donors (Lipinski definition) is 2. The van der Waals surface area contributed by atoms with Crippen molar-refractivity contribution in [3.8, 4) is 0 Å². The molecule has 0 fully saturated rings. The largest absolute Gasteiger partial charge is 0.478 e.